The maximum atomic E-state index is 12.7. The largest absolute Gasteiger partial charge is 0.506 e. The minimum Gasteiger partial charge on any atom is -0.506 e. The zero-order valence-electron chi connectivity index (χ0n) is 13.4. The van der Waals surface area contributed by atoms with E-state index in [9.17, 15) is 14.7 Å². The molecule has 1 fully saturated rings. The second-order valence-corrected chi connectivity index (χ2v) is 8.11. The number of hydrogen-bond donors (Lipinski definition) is 1. The molecule has 1 aromatic rings. The first-order valence-corrected chi connectivity index (χ1v) is 8.60. The normalized spacial score (nSPS) is 30.6. The second-order valence-electron chi connectivity index (χ2n) is 7.32. The van der Waals surface area contributed by atoms with Gasteiger partial charge in [0, 0.05) is 11.3 Å². The highest BCUT2D eigenvalue weighted by atomic mass is 79.9. The van der Waals surface area contributed by atoms with Crippen molar-refractivity contribution in [3.05, 3.63) is 27.2 Å². The Hall–Kier alpha value is -1.16. The van der Waals surface area contributed by atoms with Gasteiger partial charge in [-0.1, -0.05) is 26.8 Å². The first-order valence-electron chi connectivity index (χ1n) is 7.81. The van der Waals surface area contributed by atoms with Crippen LogP contribution in [0.2, 0.25) is 0 Å². The highest BCUT2D eigenvalue weighted by molar-refractivity contribution is 9.10. The molecule has 2 aliphatic rings. The van der Waals surface area contributed by atoms with Gasteiger partial charge in [0.15, 0.2) is 0 Å². The van der Waals surface area contributed by atoms with E-state index in [-0.39, 0.29) is 23.0 Å². The third-order valence-electron chi connectivity index (χ3n) is 5.71. The van der Waals surface area contributed by atoms with Crippen molar-refractivity contribution in [3.63, 3.8) is 0 Å². The highest BCUT2D eigenvalue weighted by Gasteiger charge is 2.57. The lowest BCUT2D eigenvalue weighted by Crippen LogP contribution is -2.43. The molecular weight excluding hydrogens is 344 g/mol. The number of carbonyl (C=O) groups is 2. The monoisotopic (exact) mass is 364 g/mol. The van der Waals surface area contributed by atoms with Crippen LogP contribution in [0.25, 0.3) is 0 Å². The predicted octanol–water partition coefficient (Wildman–Crippen LogP) is 4.38. The Labute approximate surface area is 139 Å². The van der Waals surface area contributed by atoms with Crippen LogP contribution in [0.1, 0.15) is 61.0 Å². The molecule has 0 aromatic heterocycles. The molecule has 0 amide bonds. The molecular formula is C18H21BrO3. The fourth-order valence-electron chi connectivity index (χ4n) is 4.47. The van der Waals surface area contributed by atoms with Crippen LogP contribution in [0.4, 0.5) is 0 Å². The number of ketones is 2. The topological polar surface area (TPSA) is 54.4 Å². The van der Waals surface area contributed by atoms with Crippen LogP contribution >= 0.6 is 15.9 Å². The van der Waals surface area contributed by atoms with Crippen molar-refractivity contribution in [3.8, 4) is 5.75 Å². The number of aryl methyl sites for hydroxylation is 1. The summed E-state index contributed by atoms with van der Waals surface area (Å²) in [6.45, 7) is 8.17. The van der Waals surface area contributed by atoms with Gasteiger partial charge in [0.25, 0.3) is 0 Å². The van der Waals surface area contributed by atoms with E-state index in [1.807, 2.05) is 19.9 Å². The number of rotatable bonds is 1. The van der Waals surface area contributed by atoms with Crippen LogP contribution in [0.5, 0.6) is 5.75 Å². The number of halogens is 1. The molecule has 4 heteroatoms. The zero-order chi connectivity index (χ0) is 16.4. The van der Waals surface area contributed by atoms with Gasteiger partial charge in [-0.2, -0.15) is 0 Å². The number of hydrogen-bond acceptors (Lipinski definition) is 3. The molecule has 0 bridgehead atoms. The number of Topliss-reactive ketones (excluding diaryl/α,β-unsaturated/α-hetero) is 2. The quantitative estimate of drug-likeness (QED) is 0.752. The molecule has 0 unspecified atom stereocenters. The third kappa shape index (κ3) is 1.86. The molecule has 3 nitrogen and oxygen atoms in total. The maximum Gasteiger partial charge on any atom is 0.233 e. The van der Waals surface area contributed by atoms with Gasteiger partial charge >= 0.3 is 0 Å². The Morgan fingerprint density at radius 3 is 2.59 bits per heavy atom. The summed E-state index contributed by atoms with van der Waals surface area (Å²) in [5.74, 6) is -0.127. The summed E-state index contributed by atoms with van der Waals surface area (Å²) in [6.07, 6.45) is 1.70. The number of fused-ring (bicyclic) bond motifs is 3. The molecule has 1 aromatic carbocycles. The van der Waals surface area contributed by atoms with Crippen LogP contribution in [0.3, 0.4) is 0 Å². The molecule has 2 aliphatic carbocycles. The lowest BCUT2D eigenvalue weighted by Gasteiger charge is -2.39. The number of carbonyl (C=O) groups excluding carboxylic acids is 2. The number of benzene rings is 1. The molecule has 1 saturated carbocycles. The van der Waals surface area contributed by atoms with Crippen molar-refractivity contribution >= 4 is 27.5 Å². The van der Waals surface area contributed by atoms with Gasteiger partial charge < -0.3 is 5.11 Å². The Morgan fingerprint density at radius 2 is 2.00 bits per heavy atom. The van der Waals surface area contributed by atoms with E-state index in [0.29, 0.717) is 16.3 Å². The van der Waals surface area contributed by atoms with E-state index in [2.05, 4.69) is 29.8 Å². The minimum absolute atomic E-state index is 0.0189. The lowest BCUT2D eigenvalue weighted by molar-refractivity contribution is -0.124. The summed E-state index contributed by atoms with van der Waals surface area (Å²) in [5.41, 5.74) is 1.36. The fourth-order valence-corrected chi connectivity index (χ4v) is 4.78. The summed E-state index contributed by atoms with van der Waals surface area (Å²) in [6, 6.07) is 1.98. The zero-order valence-corrected chi connectivity index (χ0v) is 15.0. The van der Waals surface area contributed by atoms with Crippen LogP contribution in [-0.2, 0) is 4.79 Å². The van der Waals surface area contributed by atoms with E-state index >= 15 is 0 Å². The van der Waals surface area contributed by atoms with Crippen molar-refractivity contribution in [2.75, 3.05) is 0 Å². The smallest absolute Gasteiger partial charge is 0.233 e. The first kappa shape index (κ1) is 15.7. The van der Waals surface area contributed by atoms with E-state index in [4.69, 9.17) is 0 Å². The van der Waals surface area contributed by atoms with Crippen molar-refractivity contribution in [1.29, 1.82) is 0 Å². The van der Waals surface area contributed by atoms with Crippen molar-refractivity contribution < 1.29 is 14.7 Å². The number of aromatic hydroxyl groups is 1. The Bertz CT molecular complexity index is 692. The van der Waals surface area contributed by atoms with Gasteiger partial charge in [-0.15, -0.1) is 0 Å². The molecule has 1 N–H and O–H groups in total. The van der Waals surface area contributed by atoms with Gasteiger partial charge in [0.2, 0.25) is 11.6 Å². The average Bonchev–Trinajstić information content (AvgIpc) is 2.81. The molecule has 0 heterocycles. The van der Waals surface area contributed by atoms with Crippen molar-refractivity contribution in [2.24, 2.45) is 17.3 Å². The van der Waals surface area contributed by atoms with E-state index in [1.165, 1.54) is 0 Å². The van der Waals surface area contributed by atoms with Crippen molar-refractivity contribution in [1.82, 2.24) is 0 Å². The number of phenols is 1. The molecule has 118 valence electrons. The third-order valence-corrected chi connectivity index (χ3v) is 6.71. The number of phenolic OH excluding ortho intramolecular Hbond substituents is 1. The average molecular weight is 365 g/mol. The van der Waals surface area contributed by atoms with Gasteiger partial charge in [0.05, 0.1) is 10.0 Å². The summed E-state index contributed by atoms with van der Waals surface area (Å²) in [5, 5.41) is 10.4. The lowest BCUT2D eigenvalue weighted by atomic mass is 9.62. The van der Waals surface area contributed by atoms with Crippen molar-refractivity contribution in [2.45, 2.75) is 46.5 Å². The predicted molar refractivity (Wildman–Crippen MR) is 88.3 cm³/mol. The molecule has 0 radical (unpaired) electrons. The molecule has 0 aliphatic heterocycles. The van der Waals surface area contributed by atoms with Crippen LogP contribution in [0, 0.1) is 24.2 Å². The van der Waals surface area contributed by atoms with Crippen LogP contribution in [0.15, 0.2) is 10.5 Å². The summed E-state index contributed by atoms with van der Waals surface area (Å²) in [4.78, 5) is 25.3. The van der Waals surface area contributed by atoms with E-state index in [1.54, 1.807) is 0 Å². The van der Waals surface area contributed by atoms with E-state index in [0.717, 1.165) is 24.0 Å². The maximum absolute atomic E-state index is 12.7. The summed E-state index contributed by atoms with van der Waals surface area (Å²) in [7, 11) is 0. The van der Waals surface area contributed by atoms with Crippen LogP contribution < -0.4 is 0 Å². The Kier molecular flexibility index (Phi) is 3.52. The second kappa shape index (κ2) is 4.92. The highest BCUT2D eigenvalue weighted by Crippen LogP contribution is 2.60. The molecule has 3 atom stereocenters. The van der Waals surface area contributed by atoms with Crippen LogP contribution in [-0.4, -0.2) is 16.7 Å². The SMILES string of the molecule is Cc1cc2c(c(O)c1Br)C(=O)C(=O)[C@@]1(C)CC[C@H](C(C)C)[C@@H]21. The molecule has 3 rings (SSSR count). The van der Waals surface area contributed by atoms with E-state index < -0.39 is 11.2 Å². The molecule has 22 heavy (non-hydrogen) atoms. The minimum atomic E-state index is -0.619. The molecule has 0 saturated heterocycles. The van der Waals surface area contributed by atoms with Gasteiger partial charge in [-0.25, -0.2) is 0 Å². The first-order chi connectivity index (χ1) is 10.2. The van der Waals surface area contributed by atoms with Gasteiger partial charge in [-0.05, 0) is 58.7 Å². The Morgan fingerprint density at radius 1 is 1.36 bits per heavy atom. The molecule has 0 spiro atoms. The fraction of sp³-hybridized carbons (Fsp3) is 0.556. The Balaban J connectivity index is 2.32. The van der Waals surface area contributed by atoms with Gasteiger partial charge in [0.1, 0.15) is 5.75 Å². The summed E-state index contributed by atoms with van der Waals surface area (Å²) >= 11 is 3.32. The standard InChI is InChI=1S/C18H21BrO3/c1-8(2)10-5-6-18(4)13(10)11-7-9(3)14(19)15(20)12(11)16(21)17(18)22/h7-8,10,13,20H,5-6H2,1-4H3/t10-,13+,18+/m1/s1. The van der Waals surface area contributed by atoms with Gasteiger partial charge in [-0.3, -0.25) is 9.59 Å². The summed E-state index contributed by atoms with van der Waals surface area (Å²) < 4.78 is 0.509.